The monoisotopic (exact) mass is 564 g/mol. The van der Waals surface area contributed by atoms with Crippen LogP contribution in [0.1, 0.15) is 10.4 Å². The van der Waals surface area contributed by atoms with E-state index in [1.165, 1.54) is 12.1 Å². The van der Waals surface area contributed by atoms with E-state index >= 15 is 0 Å². The second kappa shape index (κ2) is 10.5. The number of hydrogen-bond donors (Lipinski definition) is 3. The summed E-state index contributed by atoms with van der Waals surface area (Å²) in [5.74, 6) is -0.811. The zero-order valence-electron chi connectivity index (χ0n) is 14.2. The normalized spacial score (nSPS) is 10.0. The number of hydrogen-bond acceptors (Lipinski definition) is 6. The molecule has 2 aromatic carbocycles. The zero-order valence-corrected chi connectivity index (χ0v) is 18.9. The molecule has 2 rings (SSSR count). The van der Waals surface area contributed by atoms with Crippen LogP contribution in [0.5, 0.6) is 5.75 Å². The average molecular weight is 567 g/mol. The number of nitrogens with zero attached hydrogens (tertiary/aromatic N) is 1. The first-order valence-corrected chi connectivity index (χ1v) is 9.96. The van der Waals surface area contributed by atoms with Gasteiger partial charge in [-0.05, 0) is 58.5 Å². The van der Waals surface area contributed by atoms with Crippen molar-refractivity contribution in [3.63, 3.8) is 0 Å². The number of rotatable bonds is 5. The minimum absolute atomic E-state index is 0.0278. The van der Waals surface area contributed by atoms with Crippen LogP contribution in [0.15, 0.2) is 45.3 Å². The van der Waals surface area contributed by atoms with E-state index in [2.05, 4.69) is 48.0 Å². The number of nitrogens with one attached hydrogen (secondary N) is 3. The second-order valence-corrected chi connectivity index (χ2v) is 7.83. The molecule has 0 aliphatic heterocycles. The Bertz CT molecular complexity index is 992. The summed E-state index contributed by atoms with van der Waals surface area (Å²) in [6.07, 6.45) is 0. The van der Waals surface area contributed by atoms with Crippen molar-refractivity contribution in [2.24, 2.45) is 0 Å². The number of carbonyl (C=O) groups excluding carboxylic acids is 2. The first kappa shape index (κ1) is 23.0. The predicted molar refractivity (Wildman–Crippen MR) is 117 cm³/mol. The lowest BCUT2D eigenvalue weighted by Gasteiger charge is -2.12. The molecule has 13 heteroatoms. The Morgan fingerprint density at radius 3 is 2.55 bits per heavy atom. The van der Waals surface area contributed by atoms with Crippen LogP contribution in [0.3, 0.4) is 0 Å². The van der Waals surface area contributed by atoms with E-state index in [1.54, 1.807) is 18.2 Å². The topological polar surface area (TPSA) is 123 Å². The molecule has 29 heavy (non-hydrogen) atoms. The van der Waals surface area contributed by atoms with E-state index in [-0.39, 0.29) is 22.3 Å². The average Bonchev–Trinajstić information content (AvgIpc) is 2.65. The van der Waals surface area contributed by atoms with Crippen molar-refractivity contribution < 1.29 is 19.2 Å². The Morgan fingerprint density at radius 2 is 1.90 bits per heavy atom. The quantitative estimate of drug-likeness (QED) is 0.288. The van der Waals surface area contributed by atoms with Gasteiger partial charge in [0, 0.05) is 16.1 Å². The molecule has 0 spiro atoms. The minimum Gasteiger partial charge on any atom is -0.483 e. The van der Waals surface area contributed by atoms with Gasteiger partial charge < -0.3 is 4.74 Å². The van der Waals surface area contributed by atoms with Gasteiger partial charge in [0.05, 0.1) is 9.40 Å². The van der Waals surface area contributed by atoms with Gasteiger partial charge in [-0.2, -0.15) is 0 Å². The summed E-state index contributed by atoms with van der Waals surface area (Å²) in [7, 11) is 0. The maximum atomic E-state index is 12.1. The van der Waals surface area contributed by atoms with Crippen LogP contribution in [-0.4, -0.2) is 28.5 Å². The van der Waals surface area contributed by atoms with E-state index in [0.29, 0.717) is 10.2 Å². The molecule has 9 nitrogen and oxygen atoms in total. The molecule has 152 valence electrons. The molecule has 0 fully saturated rings. The van der Waals surface area contributed by atoms with Crippen LogP contribution in [0.2, 0.25) is 5.02 Å². The van der Waals surface area contributed by atoms with Crippen LogP contribution in [0, 0.1) is 10.1 Å². The van der Waals surface area contributed by atoms with Gasteiger partial charge in [0.2, 0.25) is 0 Å². The molecule has 0 radical (unpaired) electrons. The molecular formula is C16H11Br2ClN4O5S. The first-order valence-electron chi connectivity index (χ1n) is 7.59. The lowest BCUT2D eigenvalue weighted by molar-refractivity contribution is -0.384. The fraction of sp³-hybridized carbons (Fsp3) is 0.0625. The number of carbonyl (C=O) groups is 2. The molecule has 0 aromatic heterocycles. The standard InChI is InChI=1S/C16H11Br2ClN4O5S/c17-9-2-4-13(10(18)6-9)28-7-14(24)21-22-16(29)20-15(25)8-1-3-11(19)12(5-8)23(26)27/h1-6H,7H2,(H,21,24)(H2,20,22,25,29). The van der Waals surface area contributed by atoms with Gasteiger partial charge in [0.15, 0.2) is 11.7 Å². The number of benzene rings is 2. The van der Waals surface area contributed by atoms with Gasteiger partial charge in [-0.25, -0.2) is 0 Å². The van der Waals surface area contributed by atoms with E-state index < -0.39 is 22.4 Å². The molecule has 0 aliphatic carbocycles. The molecule has 0 saturated heterocycles. The van der Waals surface area contributed by atoms with Crippen LogP contribution >= 0.6 is 55.7 Å². The highest BCUT2D eigenvalue weighted by Crippen LogP contribution is 2.28. The first-order chi connectivity index (χ1) is 13.7. The fourth-order valence-electron chi connectivity index (χ4n) is 1.90. The summed E-state index contributed by atoms with van der Waals surface area (Å²) in [4.78, 5) is 34.1. The number of amides is 2. The third kappa shape index (κ3) is 6.92. The summed E-state index contributed by atoms with van der Waals surface area (Å²) < 4.78 is 6.86. The highest BCUT2D eigenvalue weighted by molar-refractivity contribution is 9.11. The molecule has 0 heterocycles. The zero-order chi connectivity index (χ0) is 21.6. The van der Waals surface area contributed by atoms with Gasteiger partial charge >= 0.3 is 0 Å². The van der Waals surface area contributed by atoms with E-state index in [4.69, 9.17) is 28.6 Å². The lowest BCUT2D eigenvalue weighted by Crippen LogP contribution is -2.49. The maximum Gasteiger partial charge on any atom is 0.288 e. The number of nitro benzene ring substituents is 1. The third-order valence-electron chi connectivity index (χ3n) is 3.20. The van der Waals surface area contributed by atoms with Crippen LogP contribution in [0.4, 0.5) is 5.69 Å². The number of hydrazine groups is 1. The van der Waals surface area contributed by atoms with Crippen LogP contribution < -0.4 is 20.9 Å². The van der Waals surface area contributed by atoms with E-state index in [1.807, 2.05) is 0 Å². The molecule has 0 aliphatic rings. The molecule has 2 aromatic rings. The molecule has 0 unspecified atom stereocenters. The second-order valence-electron chi connectivity index (χ2n) is 5.24. The Balaban J connectivity index is 1.83. The number of nitro groups is 1. The van der Waals surface area contributed by atoms with Crippen molar-refractivity contribution in [3.05, 3.63) is 66.0 Å². The summed E-state index contributed by atoms with van der Waals surface area (Å²) in [5, 5.41) is 12.8. The molecular weight excluding hydrogens is 556 g/mol. The van der Waals surface area contributed by atoms with Gasteiger partial charge in [0.1, 0.15) is 10.8 Å². The smallest absolute Gasteiger partial charge is 0.288 e. The summed E-state index contributed by atoms with van der Waals surface area (Å²) >= 11 is 17.2. The predicted octanol–water partition coefficient (Wildman–Crippen LogP) is 3.49. The SMILES string of the molecule is O=C(COc1ccc(Br)cc1Br)NNC(=S)NC(=O)c1ccc(Cl)c([N+](=O)[O-])c1. The number of ether oxygens (including phenoxy) is 1. The highest BCUT2D eigenvalue weighted by Gasteiger charge is 2.17. The van der Waals surface area contributed by atoms with Crippen LogP contribution in [0.25, 0.3) is 0 Å². The van der Waals surface area contributed by atoms with Crippen molar-refractivity contribution in [2.45, 2.75) is 0 Å². The molecule has 2 amide bonds. The molecule has 0 atom stereocenters. The Hall–Kier alpha value is -2.28. The Labute approximate surface area is 191 Å². The van der Waals surface area contributed by atoms with Gasteiger partial charge in [-0.3, -0.25) is 35.9 Å². The van der Waals surface area contributed by atoms with E-state index in [0.717, 1.165) is 10.5 Å². The number of thiocarbonyl (C=S) groups is 1. The van der Waals surface area contributed by atoms with Crippen LogP contribution in [-0.2, 0) is 4.79 Å². The summed E-state index contributed by atoms with van der Waals surface area (Å²) in [6.45, 7) is -0.312. The van der Waals surface area contributed by atoms with Crippen molar-refractivity contribution in [3.8, 4) is 5.75 Å². The van der Waals surface area contributed by atoms with Crippen molar-refractivity contribution in [1.29, 1.82) is 0 Å². The molecule has 3 N–H and O–H groups in total. The Morgan fingerprint density at radius 1 is 1.17 bits per heavy atom. The number of halogens is 3. The van der Waals surface area contributed by atoms with Crippen molar-refractivity contribution >= 4 is 78.3 Å². The van der Waals surface area contributed by atoms with Gasteiger partial charge in [-0.1, -0.05) is 27.5 Å². The third-order valence-corrected chi connectivity index (χ3v) is 4.84. The van der Waals surface area contributed by atoms with E-state index in [9.17, 15) is 19.7 Å². The minimum atomic E-state index is -0.716. The fourth-order valence-corrected chi connectivity index (χ4v) is 3.39. The lowest BCUT2D eigenvalue weighted by atomic mass is 10.2. The summed E-state index contributed by atoms with van der Waals surface area (Å²) in [5.41, 5.74) is 4.15. The van der Waals surface area contributed by atoms with Crippen molar-refractivity contribution in [1.82, 2.24) is 16.2 Å². The molecule has 0 bridgehead atoms. The summed E-state index contributed by atoms with van der Waals surface area (Å²) in [6, 6.07) is 8.73. The van der Waals surface area contributed by atoms with Gasteiger partial charge in [0.25, 0.3) is 17.5 Å². The van der Waals surface area contributed by atoms with Gasteiger partial charge in [-0.15, -0.1) is 0 Å². The highest BCUT2D eigenvalue weighted by atomic mass is 79.9. The molecule has 0 saturated carbocycles. The largest absolute Gasteiger partial charge is 0.483 e. The van der Waals surface area contributed by atoms with Crippen molar-refractivity contribution in [2.75, 3.05) is 6.61 Å². The Kier molecular flexibility index (Phi) is 8.32. The maximum absolute atomic E-state index is 12.1.